The van der Waals surface area contributed by atoms with Gasteiger partial charge in [0.2, 0.25) is 5.91 Å². The van der Waals surface area contributed by atoms with Crippen molar-refractivity contribution in [1.82, 2.24) is 9.80 Å². The number of carbonyl (C=O) groups is 3. The lowest BCUT2D eigenvalue weighted by Gasteiger charge is -2.27. The first-order valence-corrected chi connectivity index (χ1v) is 10.6. The van der Waals surface area contributed by atoms with E-state index in [1.165, 1.54) is 4.90 Å². The van der Waals surface area contributed by atoms with Crippen LogP contribution in [0.3, 0.4) is 0 Å². The van der Waals surface area contributed by atoms with Crippen LogP contribution in [0.2, 0.25) is 0 Å². The van der Waals surface area contributed by atoms with Gasteiger partial charge in [0.05, 0.1) is 0 Å². The summed E-state index contributed by atoms with van der Waals surface area (Å²) >= 11 is 3.50. The second-order valence-electron chi connectivity index (χ2n) is 7.42. The van der Waals surface area contributed by atoms with E-state index >= 15 is 0 Å². The van der Waals surface area contributed by atoms with Gasteiger partial charge in [-0.15, -0.1) is 0 Å². The minimum Gasteiger partial charge on any atom is -0.341 e. The van der Waals surface area contributed by atoms with E-state index in [1.54, 1.807) is 24.1 Å². The highest BCUT2D eigenvalue weighted by atomic mass is 79.9. The summed E-state index contributed by atoms with van der Waals surface area (Å²) in [5, 5.41) is 1.60. The van der Waals surface area contributed by atoms with Crippen LogP contribution >= 0.6 is 15.9 Å². The fraction of sp³-hybridized carbons (Fsp3) is 0.208. The molecule has 3 aromatic carbocycles. The minimum absolute atomic E-state index is 0.0230. The van der Waals surface area contributed by atoms with Gasteiger partial charge in [0.25, 0.3) is 11.8 Å². The predicted octanol–water partition coefficient (Wildman–Crippen LogP) is 4.64. The molecule has 1 aliphatic rings. The van der Waals surface area contributed by atoms with E-state index in [1.807, 2.05) is 48.5 Å². The average Bonchev–Trinajstić information content (AvgIpc) is 2.75. The molecule has 0 spiro atoms. The van der Waals surface area contributed by atoms with Gasteiger partial charge in [-0.2, -0.15) is 0 Å². The molecular weight excluding hydrogens is 444 g/mol. The summed E-state index contributed by atoms with van der Waals surface area (Å²) in [4.78, 5) is 41.3. The third-order valence-electron chi connectivity index (χ3n) is 5.42. The summed E-state index contributed by atoms with van der Waals surface area (Å²) < 4.78 is 0.960. The third-order valence-corrected chi connectivity index (χ3v) is 6.19. The van der Waals surface area contributed by atoms with Crippen LogP contribution in [-0.4, -0.2) is 41.1 Å². The van der Waals surface area contributed by atoms with Crippen LogP contribution in [0.15, 0.2) is 65.1 Å². The van der Waals surface area contributed by atoms with E-state index in [2.05, 4.69) is 15.9 Å². The standard InChI is InChI=1S/C24H21BrN2O3/c1-26(15-17-7-2-3-12-20(17)25)21(28)13-6-14-27-23(29)18-10-4-8-16-9-5-11-19(22(16)18)24(27)30/h2-5,7-12H,6,13-15H2,1H3. The van der Waals surface area contributed by atoms with E-state index in [-0.39, 0.29) is 30.7 Å². The summed E-state index contributed by atoms with van der Waals surface area (Å²) in [6, 6.07) is 18.7. The Morgan fingerprint density at radius 1 is 0.933 bits per heavy atom. The normalized spacial score (nSPS) is 13.1. The van der Waals surface area contributed by atoms with Crippen LogP contribution in [0.4, 0.5) is 0 Å². The molecule has 0 fully saturated rings. The zero-order valence-electron chi connectivity index (χ0n) is 16.6. The number of benzene rings is 3. The Bertz CT molecular complexity index is 1110. The number of imide groups is 1. The van der Waals surface area contributed by atoms with Crippen LogP contribution in [-0.2, 0) is 11.3 Å². The zero-order chi connectivity index (χ0) is 21.3. The van der Waals surface area contributed by atoms with Gasteiger partial charge in [-0.25, -0.2) is 0 Å². The van der Waals surface area contributed by atoms with Crippen LogP contribution in [0.25, 0.3) is 10.8 Å². The quantitative estimate of drug-likeness (QED) is 0.499. The highest BCUT2D eigenvalue weighted by Crippen LogP contribution is 2.30. The summed E-state index contributed by atoms with van der Waals surface area (Å²) in [7, 11) is 1.76. The second kappa shape index (κ2) is 8.40. The number of nitrogens with zero attached hydrogens (tertiary/aromatic N) is 2. The number of carbonyl (C=O) groups excluding carboxylic acids is 3. The molecule has 0 unspecified atom stereocenters. The number of rotatable bonds is 6. The average molecular weight is 465 g/mol. The number of halogens is 1. The van der Waals surface area contributed by atoms with Crippen molar-refractivity contribution in [2.45, 2.75) is 19.4 Å². The summed E-state index contributed by atoms with van der Waals surface area (Å²) in [6.07, 6.45) is 0.693. The molecule has 0 N–H and O–H groups in total. The van der Waals surface area contributed by atoms with Crippen molar-refractivity contribution in [2.24, 2.45) is 0 Å². The molecule has 0 saturated heterocycles. The van der Waals surface area contributed by atoms with Gasteiger partial charge < -0.3 is 4.90 Å². The maximum Gasteiger partial charge on any atom is 0.261 e. The van der Waals surface area contributed by atoms with Gasteiger partial charge in [0.1, 0.15) is 0 Å². The Morgan fingerprint density at radius 2 is 1.57 bits per heavy atom. The topological polar surface area (TPSA) is 57.7 Å². The third kappa shape index (κ3) is 3.75. The zero-order valence-corrected chi connectivity index (χ0v) is 18.2. The smallest absolute Gasteiger partial charge is 0.261 e. The summed E-state index contributed by atoms with van der Waals surface area (Å²) in [5.41, 5.74) is 2.11. The van der Waals surface area contributed by atoms with Gasteiger partial charge in [0.15, 0.2) is 0 Å². The summed E-state index contributed by atoms with van der Waals surface area (Å²) in [5.74, 6) is -0.609. The van der Waals surface area contributed by atoms with Crippen LogP contribution in [0, 0.1) is 0 Å². The number of hydrogen-bond acceptors (Lipinski definition) is 3. The molecule has 5 nitrogen and oxygen atoms in total. The SMILES string of the molecule is CN(Cc1ccccc1Br)C(=O)CCCN1C(=O)c2cccc3cccc(c23)C1=O. The molecule has 0 bridgehead atoms. The van der Waals surface area contributed by atoms with Gasteiger partial charge >= 0.3 is 0 Å². The molecule has 152 valence electrons. The molecule has 0 aliphatic carbocycles. The van der Waals surface area contributed by atoms with Crippen LogP contribution in [0.5, 0.6) is 0 Å². The maximum absolute atomic E-state index is 12.9. The highest BCUT2D eigenvalue weighted by Gasteiger charge is 2.32. The van der Waals surface area contributed by atoms with Gasteiger partial charge in [-0.05, 0) is 35.6 Å². The van der Waals surface area contributed by atoms with Crippen molar-refractivity contribution in [2.75, 3.05) is 13.6 Å². The Kier molecular flexibility index (Phi) is 5.68. The molecule has 30 heavy (non-hydrogen) atoms. The van der Waals surface area contributed by atoms with Crippen molar-refractivity contribution in [3.8, 4) is 0 Å². The van der Waals surface area contributed by atoms with Gasteiger partial charge in [-0.3, -0.25) is 19.3 Å². The molecule has 0 aromatic heterocycles. The lowest BCUT2D eigenvalue weighted by molar-refractivity contribution is -0.130. The first-order chi connectivity index (χ1) is 14.5. The number of hydrogen-bond donors (Lipinski definition) is 0. The van der Waals surface area contributed by atoms with E-state index in [0.29, 0.717) is 24.1 Å². The van der Waals surface area contributed by atoms with Crippen LogP contribution < -0.4 is 0 Å². The van der Waals surface area contributed by atoms with E-state index in [9.17, 15) is 14.4 Å². The molecule has 0 atom stereocenters. The lowest BCUT2D eigenvalue weighted by Crippen LogP contribution is -2.41. The van der Waals surface area contributed by atoms with Crippen molar-refractivity contribution in [3.63, 3.8) is 0 Å². The molecule has 0 saturated carbocycles. The van der Waals surface area contributed by atoms with E-state index < -0.39 is 0 Å². The van der Waals surface area contributed by atoms with Crippen molar-refractivity contribution < 1.29 is 14.4 Å². The monoisotopic (exact) mass is 464 g/mol. The highest BCUT2D eigenvalue weighted by molar-refractivity contribution is 9.10. The van der Waals surface area contributed by atoms with E-state index in [4.69, 9.17) is 0 Å². The Labute approximate surface area is 183 Å². The molecular formula is C24H21BrN2O3. The van der Waals surface area contributed by atoms with Gasteiger partial charge in [-0.1, -0.05) is 58.4 Å². The molecule has 6 heteroatoms. The molecule has 0 radical (unpaired) electrons. The van der Waals surface area contributed by atoms with Crippen molar-refractivity contribution in [1.29, 1.82) is 0 Å². The predicted molar refractivity (Wildman–Crippen MR) is 119 cm³/mol. The Balaban J connectivity index is 1.41. The van der Waals surface area contributed by atoms with E-state index in [0.717, 1.165) is 20.8 Å². The van der Waals surface area contributed by atoms with Crippen LogP contribution in [0.1, 0.15) is 39.1 Å². The molecule has 1 aliphatic heterocycles. The molecule has 3 aromatic rings. The molecule has 4 rings (SSSR count). The van der Waals surface area contributed by atoms with Crippen molar-refractivity contribution >= 4 is 44.4 Å². The Hall–Kier alpha value is -2.99. The number of amides is 3. The Morgan fingerprint density at radius 3 is 2.20 bits per heavy atom. The first-order valence-electron chi connectivity index (χ1n) is 9.82. The molecule has 3 amide bonds. The summed E-state index contributed by atoms with van der Waals surface area (Å²) in [6.45, 7) is 0.716. The maximum atomic E-state index is 12.9. The lowest BCUT2D eigenvalue weighted by atomic mass is 9.94. The van der Waals surface area contributed by atoms with Crippen molar-refractivity contribution in [3.05, 3.63) is 81.8 Å². The second-order valence-corrected chi connectivity index (χ2v) is 8.27. The first kappa shape index (κ1) is 20.3. The minimum atomic E-state index is -0.293. The fourth-order valence-corrected chi connectivity index (χ4v) is 4.24. The fourth-order valence-electron chi connectivity index (χ4n) is 3.83. The van der Waals surface area contributed by atoms with Gasteiger partial charge in [0, 0.05) is 47.5 Å². The largest absolute Gasteiger partial charge is 0.341 e. The molecule has 1 heterocycles.